The summed E-state index contributed by atoms with van der Waals surface area (Å²) in [5.74, 6) is 0.718. The second-order valence-corrected chi connectivity index (χ2v) is 8.11. The van der Waals surface area contributed by atoms with Gasteiger partial charge in [0, 0.05) is 51.2 Å². The van der Waals surface area contributed by atoms with Gasteiger partial charge in [0.1, 0.15) is 17.6 Å². The van der Waals surface area contributed by atoms with Crippen molar-refractivity contribution in [1.82, 2.24) is 20.1 Å². The molecule has 34 heavy (non-hydrogen) atoms. The van der Waals surface area contributed by atoms with Crippen molar-refractivity contribution in [3.05, 3.63) is 84.1 Å². The Morgan fingerprint density at radius 3 is 2.65 bits per heavy atom. The van der Waals surface area contributed by atoms with Gasteiger partial charge in [-0.05, 0) is 29.8 Å². The smallest absolute Gasteiger partial charge is 0.258 e. The second kappa shape index (κ2) is 10.8. The van der Waals surface area contributed by atoms with E-state index in [0.29, 0.717) is 36.8 Å². The number of hydrogen-bond acceptors (Lipinski definition) is 6. The van der Waals surface area contributed by atoms with Crippen LogP contribution in [-0.4, -0.2) is 66.4 Å². The predicted octanol–water partition coefficient (Wildman–Crippen LogP) is 2.91. The molecule has 2 aromatic carbocycles. The van der Waals surface area contributed by atoms with Crippen LogP contribution in [-0.2, 0) is 11.3 Å². The van der Waals surface area contributed by atoms with E-state index in [9.17, 15) is 9.59 Å². The van der Waals surface area contributed by atoms with E-state index in [-0.39, 0.29) is 11.8 Å². The lowest BCUT2D eigenvalue weighted by atomic mass is 10.1. The average molecular weight is 460 g/mol. The molecule has 8 nitrogen and oxygen atoms in total. The molecule has 8 heteroatoms. The van der Waals surface area contributed by atoms with Crippen molar-refractivity contribution in [2.75, 3.05) is 39.1 Å². The average Bonchev–Trinajstić information content (AvgIpc) is 2.89. The van der Waals surface area contributed by atoms with Gasteiger partial charge in [0.2, 0.25) is 5.91 Å². The number of piperazine rings is 1. The molecule has 4 rings (SSSR count). The number of anilines is 2. The molecule has 1 saturated heterocycles. The maximum atomic E-state index is 13.7. The number of pyridine rings is 1. The van der Waals surface area contributed by atoms with Crippen molar-refractivity contribution in [3.8, 4) is 5.75 Å². The molecule has 176 valence electrons. The van der Waals surface area contributed by atoms with Crippen LogP contribution in [0.25, 0.3) is 0 Å². The number of amides is 2. The lowest BCUT2D eigenvalue weighted by Crippen LogP contribution is -2.60. The molecule has 0 saturated carbocycles. The zero-order valence-corrected chi connectivity index (χ0v) is 19.4. The number of methoxy groups -OCH3 is 1. The van der Waals surface area contributed by atoms with Crippen molar-refractivity contribution in [3.63, 3.8) is 0 Å². The van der Waals surface area contributed by atoms with E-state index in [2.05, 4.69) is 32.7 Å². The SMILES string of the molecule is CNC(=O)[C@@H]1CN(Cc2ccccc2)CCN1C(=O)c1cccnc1Nc1cccc(OC)c1. The van der Waals surface area contributed by atoms with E-state index in [1.54, 1.807) is 37.4 Å². The molecule has 0 radical (unpaired) electrons. The summed E-state index contributed by atoms with van der Waals surface area (Å²) in [4.78, 5) is 34.7. The van der Waals surface area contributed by atoms with Crippen LogP contribution < -0.4 is 15.4 Å². The van der Waals surface area contributed by atoms with Gasteiger partial charge in [-0.25, -0.2) is 4.98 Å². The van der Waals surface area contributed by atoms with Gasteiger partial charge in [-0.15, -0.1) is 0 Å². The summed E-state index contributed by atoms with van der Waals surface area (Å²) in [6.45, 7) is 2.30. The largest absolute Gasteiger partial charge is 0.497 e. The molecule has 0 unspecified atom stereocenters. The van der Waals surface area contributed by atoms with Crippen LogP contribution >= 0.6 is 0 Å². The normalized spacial score (nSPS) is 16.1. The van der Waals surface area contributed by atoms with Gasteiger partial charge < -0.3 is 20.3 Å². The summed E-state index contributed by atoms with van der Waals surface area (Å²) in [5, 5.41) is 5.94. The summed E-state index contributed by atoms with van der Waals surface area (Å²) >= 11 is 0. The summed E-state index contributed by atoms with van der Waals surface area (Å²) in [6.07, 6.45) is 1.63. The number of likely N-dealkylation sites (N-methyl/N-ethyl adjacent to an activating group) is 1. The van der Waals surface area contributed by atoms with E-state index in [1.807, 2.05) is 42.5 Å². The molecule has 0 spiro atoms. The van der Waals surface area contributed by atoms with Gasteiger partial charge >= 0.3 is 0 Å². The van der Waals surface area contributed by atoms with Crippen LogP contribution in [0, 0.1) is 0 Å². The Labute approximate surface area is 199 Å². The number of benzene rings is 2. The Morgan fingerprint density at radius 1 is 1.06 bits per heavy atom. The van der Waals surface area contributed by atoms with Gasteiger partial charge in [-0.1, -0.05) is 36.4 Å². The van der Waals surface area contributed by atoms with Crippen molar-refractivity contribution < 1.29 is 14.3 Å². The van der Waals surface area contributed by atoms with Crippen molar-refractivity contribution in [1.29, 1.82) is 0 Å². The summed E-state index contributed by atoms with van der Waals surface area (Å²) < 4.78 is 5.29. The highest BCUT2D eigenvalue weighted by Gasteiger charge is 2.36. The van der Waals surface area contributed by atoms with Gasteiger partial charge in [-0.3, -0.25) is 14.5 Å². The highest BCUT2D eigenvalue weighted by Crippen LogP contribution is 2.25. The number of hydrogen-bond donors (Lipinski definition) is 2. The molecule has 2 amide bonds. The minimum Gasteiger partial charge on any atom is -0.497 e. The summed E-state index contributed by atoms with van der Waals surface area (Å²) in [7, 11) is 3.20. The number of rotatable bonds is 7. The first-order valence-corrected chi connectivity index (χ1v) is 11.2. The second-order valence-electron chi connectivity index (χ2n) is 8.11. The Morgan fingerprint density at radius 2 is 1.88 bits per heavy atom. The topological polar surface area (TPSA) is 86.8 Å². The minimum absolute atomic E-state index is 0.183. The third kappa shape index (κ3) is 5.35. The third-order valence-electron chi connectivity index (χ3n) is 5.89. The highest BCUT2D eigenvalue weighted by molar-refractivity contribution is 6.01. The highest BCUT2D eigenvalue weighted by atomic mass is 16.5. The van der Waals surface area contributed by atoms with Gasteiger partial charge in [0.25, 0.3) is 5.91 Å². The predicted molar refractivity (Wildman–Crippen MR) is 131 cm³/mol. The van der Waals surface area contributed by atoms with Crippen molar-refractivity contribution in [2.24, 2.45) is 0 Å². The van der Waals surface area contributed by atoms with Crippen LogP contribution in [0.1, 0.15) is 15.9 Å². The quantitative estimate of drug-likeness (QED) is 0.565. The van der Waals surface area contributed by atoms with Crippen LogP contribution in [0.15, 0.2) is 72.9 Å². The first kappa shape index (κ1) is 23.3. The monoisotopic (exact) mass is 459 g/mol. The van der Waals surface area contributed by atoms with Gasteiger partial charge in [-0.2, -0.15) is 0 Å². The number of ether oxygens (including phenoxy) is 1. The fourth-order valence-electron chi connectivity index (χ4n) is 4.13. The maximum Gasteiger partial charge on any atom is 0.258 e. The standard InChI is InChI=1S/C26H29N5O3/c1-27-25(32)23-18-30(17-19-8-4-3-5-9-19)14-15-31(23)26(33)22-12-7-13-28-24(22)29-20-10-6-11-21(16-20)34-2/h3-13,16,23H,14-15,17-18H2,1-2H3,(H,27,32)(H,28,29)/t23-/m0/s1. The number of aromatic nitrogens is 1. The molecule has 0 bridgehead atoms. The molecule has 1 aliphatic rings. The van der Waals surface area contributed by atoms with E-state index in [4.69, 9.17) is 4.74 Å². The van der Waals surface area contributed by atoms with Crippen LogP contribution in [0.5, 0.6) is 5.75 Å². The molecule has 1 aromatic heterocycles. The zero-order chi connectivity index (χ0) is 23.9. The number of nitrogens with one attached hydrogen (secondary N) is 2. The van der Waals surface area contributed by atoms with Gasteiger partial charge in [0.05, 0.1) is 12.7 Å². The van der Waals surface area contributed by atoms with E-state index >= 15 is 0 Å². The fourth-order valence-corrected chi connectivity index (χ4v) is 4.13. The molecule has 0 aliphatic carbocycles. The molecule has 2 heterocycles. The van der Waals surface area contributed by atoms with E-state index in [1.165, 1.54) is 5.56 Å². The fraction of sp³-hybridized carbons (Fsp3) is 0.269. The molecular weight excluding hydrogens is 430 g/mol. The Kier molecular flexibility index (Phi) is 7.39. The molecule has 1 aliphatic heterocycles. The zero-order valence-electron chi connectivity index (χ0n) is 19.4. The van der Waals surface area contributed by atoms with Crippen molar-refractivity contribution in [2.45, 2.75) is 12.6 Å². The third-order valence-corrected chi connectivity index (χ3v) is 5.89. The first-order valence-electron chi connectivity index (χ1n) is 11.2. The summed E-state index contributed by atoms with van der Waals surface area (Å²) in [6, 6.07) is 20.4. The molecule has 3 aromatic rings. The minimum atomic E-state index is -0.597. The lowest BCUT2D eigenvalue weighted by molar-refractivity contribution is -0.127. The van der Waals surface area contributed by atoms with Crippen molar-refractivity contribution >= 4 is 23.3 Å². The lowest BCUT2D eigenvalue weighted by Gasteiger charge is -2.40. The van der Waals surface area contributed by atoms with Crippen LogP contribution in [0.2, 0.25) is 0 Å². The Balaban J connectivity index is 1.55. The number of nitrogens with zero attached hydrogens (tertiary/aromatic N) is 3. The van der Waals surface area contributed by atoms with Crippen LogP contribution in [0.4, 0.5) is 11.5 Å². The molecule has 2 N–H and O–H groups in total. The Bertz CT molecular complexity index is 1140. The van der Waals surface area contributed by atoms with Crippen LogP contribution in [0.3, 0.4) is 0 Å². The summed E-state index contributed by atoms with van der Waals surface area (Å²) in [5.41, 5.74) is 2.34. The van der Waals surface area contributed by atoms with E-state index in [0.717, 1.165) is 12.2 Å². The van der Waals surface area contributed by atoms with Gasteiger partial charge in [0.15, 0.2) is 0 Å². The van der Waals surface area contributed by atoms with E-state index < -0.39 is 6.04 Å². The first-order chi connectivity index (χ1) is 16.6. The molecule has 1 atom stereocenters. The number of carbonyl (C=O) groups excluding carboxylic acids is 2. The number of carbonyl (C=O) groups is 2. The maximum absolute atomic E-state index is 13.7. The Hall–Kier alpha value is -3.91. The molecular formula is C26H29N5O3. The molecule has 1 fully saturated rings.